The molecule has 3 nitrogen and oxygen atoms in total. The van der Waals surface area contributed by atoms with E-state index in [0.717, 1.165) is 22.0 Å². The van der Waals surface area contributed by atoms with Crippen molar-refractivity contribution >= 4 is 16.7 Å². The third-order valence-electron chi connectivity index (χ3n) is 2.92. The zero-order valence-corrected chi connectivity index (χ0v) is 9.87. The van der Waals surface area contributed by atoms with Gasteiger partial charge in [-0.3, -0.25) is 4.79 Å². The molecular formula is C13H16N2O. The maximum Gasteiger partial charge on any atom is 0.178 e. The number of carbonyl (C=O) groups excluding carboxylic acids is 1. The Morgan fingerprint density at radius 3 is 2.69 bits per heavy atom. The van der Waals surface area contributed by atoms with Gasteiger partial charge >= 0.3 is 0 Å². The van der Waals surface area contributed by atoms with E-state index in [4.69, 9.17) is 5.73 Å². The summed E-state index contributed by atoms with van der Waals surface area (Å²) in [4.78, 5) is 11.7. The topological polar surface area (TPSA) is 48.0 Å². The molecule has 0 fully saturated rings. The van der Waals surface area contributed by atoms with E-state index < -0.39 is 0 Å². The van der Waals surface area contributed by atoms with Crippen LogP contribution < -0.4 is 5.73 Å². The smallest absolute Gasteiger partial charge is 0.178 e. The Morgan fingerprint density at radius 2 is 2.06 bits per heavy atom. The van der Waals surface area contributed by atoms with Gasteiger partial charge in [0.1, 0.15) is 0 Å². The molecule has 0 aliphatic rings. The minimum Gasteiger partial charge on any atom is -0.350 e. The summed E-state index contributed by atoms with van der Waals surface area (Å²) >= 11 is 0. The number of rotatable bonds is 2. The number of hydrogen-bond acceptors (Lipinski definition) is 2. The van der Waals surface area contributed by atoms with Crippen LogP contribution in [-0.2, 0) is 7.05 Å². The number of nitrogens with two attached hydrogens (primary N) is 1. The van der Waals surface area contributed by atoms with E-state index in [1.807, 2.05) is 24.7 Å². The fraction of sp³-hybridized carbons (Fsp3) is 0.308. The highest BCUT2D eigenvalue weighted by Gasteiger charge is 2.14. The maximum absolute atomic E-state index is 11.7. The van der Waals surface area contributed by atoms with Crippen molar-refractivity contribution in [2.24, 2.45) is 12.8 Å². The first kappa shape index (κ1) is 10.9. The van der Waals surface area contributed by atoms with E-state index in [-0.39, 0.29) is 12.3 Å². The molecule has 16 heavy (non-hydrogen) atoms. The highest BCUT2D eigenvalue weighted by molar-refractivity contribution is 6.10. The van der Waals surface area contributed by atoms with Gasteiger partial charge in [0.15, 0.2) is 5.78 Å². The molecule has 2 rings (SSSR count). The number of ketones is 1. The number of fused-ring (bicyclic) bond motifs is 1. The number of hydrogen-bond donors (Lipinski definition) is 1. The Kier molecular flexibility index (Phi) is 2.56. The summed E-state index contributed by atoms with van der Waals surface area (Å²) in [5.41, 5.74) is 9.59. The Bertz CT molecular complexity index is 567. The van der Waals surface area contributed by atoms with E-state index in [9.17, 15) is 4.79 Å². The standard InChI is InChI=1S/C13H16N2O/c1-8-4-9(2)13-10(12(16)6-14)7-15(3)11(13)5-8/h4-5,7H,6,14H2,1-3H3. The van der Waals surface area contributed by atoms with Gasteiger partial charge in [-0.15, -0.1) is 0 Å². The van der Waals surface area contributed by atoms with Crippen LogP contribution in [0.5, 0.6) is 0 Å². The molecule has 2 aromatic rings. The lowest BCUT2D eigenvalue weighted by atomic mass is 10.0. The average Bonchev–Trinajstić information content (AvgIpc) is 2.55. The summed E-state index contributed by atoms with van der Waals surface area (Å²) in [5.74, 6) is -0.00227. The van der Waals surface area contributed by atoms with Gasteiger partial charge in [0, 0.05) is 29.7 Å². The van der Waals surface area contributed by atoms with Gasteiger partial charge in [-0.25, -0.2) is 0 Å². The summed E-state index contributed by atoms with van der Waals surface area (Å²) in [6.45, 7) is 4.15. The monoisotopic (exact) mass is 216 g/mol. The fourth-order valence-electron chi connectivity index (χ4n) is 2.22. The largest absolute Gasteiger partial charge is 0.350 e. The van der Waals surface area contributed by atoms with Crippen LogP contribution in [0.3, 0.4) is 0 Å². The fourth-order valence-corrected chi connectivity index (χ4v) is 2.22. The van der Waals surface area contributed by atoms with Crippen LogP contribution in [0.15, 0.2) is 18.3 Å². The first-order valence-electron chi connectivity index (χ1n) is 5.34. The van der Waals surface area contributed by atoms with Crippen LogP contribution in [0.1, 0.15) is 21.5 Å². The summed E-state index contributed by atoms with van der Waals surface area (Å²) in [6, 6.07) is 4.19. The summed E-state index contributed by atoms with van der Waals surface area (Å²) in [7, 11) is 1.95. The number of benzene rings is 1. The first-order chi connectivity index (χ1) is 7.54. The maximum atomic E-state index is 11.7. The molecule has 0 aliphatic heterocycles. The SMILES string of the molecule is Cc1cc(C)c2c(C(=O)CN)cn(C)c2c1. The van der Waals surface area contributed by atoms with E-state index in [1.165, 1.54) is 5.56 Å². The Morgan fingerprint density at radius 1 is 1.38 bits per heavy atom. The van der Waals surface area contributed by atoms with E-state index in [1.54, 1.807) is 0 Å². The first-order valence-corrected chi connectivity index (χ1v) is 5.34. The highest BCUT2D eigenvalue weighted by atomic mass is 16.1. The third kappa shape index (κ3) is 1.53. The van der Waals surface area contributed by atoms with Crippen molar-refractivity contribution in [3.8, 4) is 0 Å². The van der Waals surface area contributed by atoms with Crippen molar-refractivity contribution in [3.63, 3.8) is 0 Å². The summed E-state index contributed by atoms with van der Waals surface area (Å²) in [5, 5.41) is 1.03. The van der Waals surface area contributed by atoms with Gasteiger partial charge in [0.2, 0.25) is 0 Å². The van der Waals surface area contributed by atoms with Crippen LogP contribution >= 0.6 is 0 Å². The van der Waals surface area contributed by atoms with Crippen molar-refractivity contribution in [1.82, 2.24) is 4.57 Å². The van der Waals surface area contributed by atoms with E-state index >= 15 is 0 Å². The molecule has 0 aliphatic carbocycles. The lowest BCUT2D eigenvalue weighted by molar-refractivity contribution is 0.100. The van der Waals surface area contributed by atoms with Crippen LogP contribution in [-0.4, -0.2) is 16.9 Å². The average molecular weight is 216 g/mol. The minimum absolute atomic E-state index is 0.00227. The number of aromatic nitrogens is 1. The zero-order chi connectivity index (χ0) is 11.9. The van der Waals surface area contributed by atoms with Gasteiger partial charge in [0.05, 0.1) is 6.54 Å². The second-order valence-corrected chi connectivity index (χ2v) is 4.26. The molecule has 2 N–H and O–H groups in total. The predicted molar refractivity (Wildman–Crippen MR) is 65.8 cm³/mol. The van der Waals surface area contributed by atoms with Crippen molar-refractivity contribution in [3.05, 3.63) is 35.0 Å². The predicted octanol–water partition coefficient (Wildman–Crippen LogP) is 1.94. The Labute approximate surface area is 94.9 Å². The number of aryl methyl sites for hydroxylation is 3. The van der Waals surface area contributed by atoms with Crippen molar-refractivity contribution < 1.29 is 4.79 Å². The van der Waals surface area contributed by atoms with Crippen molar-refractivity contribution in [2.45, 2.75) is 13.8 Å². The third-order valence-corrected chi connectivity index (χ3v) is 2.92. The minimum atomic E-state index is -0.00227. The van der Waals surface area contributed by atoms with Gasteiger partial charge in [-0.2, -0.15) is 0 Å². The molecule has 1 aromatic heterocycles. The Balaban J connectivity index is 2.83. The lowest BCUT2D eigenvalue weighted by Gasteiger charge is -2.03. The van der Waals surface area contributed by atoms with Crippen LogP contribution in [0, 0.1) is 13.8 Å². The van der Waals surface area contributed by atoms with Gasteiger partial charge in [-0.1, -0.05) is 6.07 Å². The lowest BCUT2D eigenvalue weighted by Crippen LogP contribution is -2.13. The Hall–Kier alpha value is -1.61. The molecule has 0 atom stereocenters. The van der Waals surface area contributed by atoms with Crippen molar-refractivity contribution in [2.75, 3.05) is 6.54 Å². The summed E-state index contributed by atoms with van der Waals surface area (Å²) < 4.78 is 1.98. The molecule has 0 saturated heterocycles. The molecular weight excluding hydrogens is 200 g/mol. The molecule has 84 valence electrons. The molecule has 0 radical (unpaired) electrons. The van der Waals surface area contributed by atoms with Crippen LogP contribution in [0.4, 0.5) is 0 Å². The van der Waals surface area contributed by atoms with Crippen LogP contribution in [0.25, 0.3) is 10.9 Å². The molecule has 0 amide bonds. The molecule has 1 heterocycles. The van der Waals surface area contributed by atoms with Crippen molar-refractivity contribution in [1.29, 1.82) is 0 Å². The molecule has 3 heteroatoms. The normalized spacial score (nSPS) is 11.0. The molecule has 0 unspecified atom stereocenters. The van der Waals surface area contributed by atoms with Crippen LogP contribution in [0.2, 0.25) is 0 Å². The number of carbonyl (C=O) groups is 1. The molecule has 0 bridgehead atoms. The highest BCUT2D eigenvalue weighted by Crippen LogP contribution is 2.25. The van der Waals surface area contributed by atoms with Gasteiger partial charge in [0.25, 0.3) is 0 Å². The number of nitrogens with zero attached hydrogens (tertiary/aromatic N) is 1. The zero-order valence-electron chi connectivity index (χ0n) is 9.87. The van der Waals surface area contributed by atoms with E-state index in [0.29, 0.717) is 0 Å². The molecule has 1 aromatic carbocycles. The molecule has 0 saturated carbocycles. The molecule has 0 spiro atoms. The second kappa shape index (κ2) is 3.76. The summed E-state index contributed by atoms with van der Waals surface area (Å²) in [6.07, 6.45) is 1.87. The van der Waals surface area contributed by atoms with Gasteiger partial charge < -0.3 is 10.3 Å². The number of Topliss-reactive ketones (excluding diaryl/α,β-unsaturated/α-hetero) is 1. The van der Waals surface area contributed by atoms with E-state index in [2.05, 4.69) is 19.1 Å². The second-order valence-electron chi connectivity index (χ2n) is 4.26. The quantitative estimate of drug-likeness (QED) is 0.780. The van der Waals surface area contributed by atoms with Gasteiger partial charge in [-0.05, 0) is 31.0 Å².